The highest BCUT2D eigenvalue weighted by molar-refractivity contribution is 7.11. The minimum atomic E-state index is -0.157. The third-order valence-corrected chi connectivity index (χ3v) is 2.26. The van der Waals surface area contributed by atoms with E-state index >= 15 is 0 Å². The van der Waals surface area contributed by atoms with Crippen LogP contribution in [0.4, 0.5) is 0 Å². The van der Waals surface area contributed by atoms with Crippen LogP contribution in [-0.2, 0) is 4.74 Å². The lowest BCUT2D eigenvalue weighted by Gasteiger charge is -2.05. The molecule has 1 aromatic rings. The maximum atomic E-state index is 5.78. The van der Waals surface area contributed by atoms with Gasteiger partial charge in [-0.3, -0.25) is 0 Å². The number of ether oxygens (including phenoxy) is 2. The lowest BCUT2D eigenvalue weighted by Crippen LogP contribution is -2.16. The molecule has 1 rings (SSSR count). The van der Waals surface area contributed by atoms with E-state index in [1.807, 2.05) is 12.3 Å². The molecule has 0 aliphatic rings. The Morgan fingerprint density at radius 1 is 1.69 bits per heavy atom. The zero-order valence-corrected chi connectivity index (χ0v) is 8.63. The SMILES string of the molecule is CCOc1nc(C(N)COC)cs1. The maximum Gasteiger partial charge on any atom is 0.273 e. The first-order chi connectivity index (χ1) is 6.27. The van der Waals surface area contributed by atoms with Crippen molar-refractivity contribution in [2.24, 2.45) is 5.73 Å². The molecular formula is C8H14N2O2S. The standard InChI is InChI=1S/C8H14N2O2S/c1-3-12-8-10-7(5-13-8)6(9)4-11-2/h5-6H,3-4,9H2,1-2H3. The van der Waals surface area contributed by atoms with E-state index in [2.05, 4.69) is 4.98 Å². The van der Waals surface area contributed by atoms with Gasteiger partial charge in [0.05, 0.1) is 24.9 Å². The van der Waals surface area contributed by atoms with Crippen LogP contribution >= 0.6 is 11.3 Å². The Kier molecular flexibility index (Phi) is 4.14. The summed E-state index contributed by atoms with van der Waals surface area (Å²) in [5, 5.41) is 2.57. The fourth-order valence-electron chi connectivity index (χ4n) is 0.894. The van der Waals surface area contributed by atoms with Crippen molar-refractivity contribution in [2.45, 2.75) is 13.0 Å². The van der Waals surface area contributed by atoms with Gasteiger partial charge in [0.2, 0.25) is 0 Å². The Morgan fingerprint density at radius 2 is 2.46 bits per heavy atom. The van der Waals surface area contributed by atoms with E-state index in [0.29, 0.717) is 18.4 Å². The Balaban J connectivity index is 2.56. The summed E-state index contributed by atoms with van der Waals surface area (Å²) >= 11 is 1.46. The number of rotatable bonds is 5. The minimum absolute atomic E-state index is 0.157. The summed E-state index contributed by atoms with van der Waals surface area (Å²) in [6.07, 6.45) is 0. The van der Waals surface area contributed by atoms with E-state index in [1.54, 1.807) is 7.11 Å². The zero-order valence-electron chi connectivity index (χ0n) is 7.82. The van der Waals surface area contributed by atoms with Gasteiger partial charge in [0.25, 0.3) is 5.19 Å². The van der Waals surface area contributed by atoms with Crippen LogP contribution in [0, 0.1) is 0 Å². The van der Waals surface area contributed by atoms with Crippen molar-refractivity contribution >= 4 is 11.3 Å². The third kappa shape index (κ3) is 2.95. The molecule has 1 aromatic heterocycles. The largest absolute Gasteiger partial charge is 0.470 e. The zero-order chi connectivity index (χ0) is 9.68. The highest BCUT2D eigenvalue weighted by Crippen LogP contribution is 2.21. The molecule has 0 aliphatic heterocycles. The summed E-state index contributed by atoms with van der Waals surface area (Å²) in [6.45, 7) is 3.04. The summed E-state index contributed by atoms with van der Waals surface area (Å²) in [5.41, 5.74) is 6.61. The summed E-state index contributed by atoms with van der Waals surface area (Å²) in [5.74, 6) is 0. The molecule has 1 heterocycles. The number of nitrogens with zero attached hydrogens (tertiary/aromatic N) is 1. The van der Waals surface area contributed by atoms with Crippen molar-refractivity contribution in [3.05, 3.63) is 11.1 Å². The second-order valence-corrected chi connectivity index (χ2v) is 3.35. The average molecular weight is 202 g/mol. The summed E-state index contributed by atoms with van der Waals surface area (Å²) in [7, 11) is 1.62. The first-order valence-corrected chi connectivity index (χ1v) is 4.98. The number of aromatic nitrogens is 1. The Morgan fingerprint density at radius 3 is 3.08 bits per heavy atom. The molecule has 0 aromatic carbocycles. The highest BCUT2D eigenvalue weighted by Gasteiger charge is 2.10. The van der Waals surface area contributed by atoms with E-state index in [1.165, 1.54) is 11.3 Å². The Hall–Kier alpha value is -0.650. The molecular weight excluding hydrogens is 188 g/mol. The molecule has 4 nitrogen and oxygen atoms in total. The monoisotopic (exact) mass is 202 g/mol. The van der Waals surface area contributed by atoms with Gasteiger partial charge >= 0.3 is 0 Å². The first-order valence-electron chi connectivity index (χ1n) is 4.10. The van der Waals surface area contributed by atoms with Gasteiger partial charge in [-0.05, 0) is 6.92 Å². The second-order valence-electron chi connectivity index (χ2n) is 2.53. The molecule has 2 N–H and O–H groups in total. The molecule has 0 saturated carbocycles. The normalized spacial score (nSPS) is 12.8. The predicted octanol–water partition coefficient (Wildman–Crippen LogP) is 1.19. The first kappa shape index (κ1) is 10.4. The van der Waals surface area contributed by atoms with E-state index in [9.17, 15) is 0 Å². The third-order valence-electron chi connectivity index (χ3n) is 1.49. The molecule has 5 heteroatoms. The van der Waals surface area contributed by atoms with E-state index in [0.717, 1.165) is 5.69 Å². The van der Waals surface area contributed by atoms with Crippen LogP contribution in [0.5, 0.6) is 5.19 Å². The van der Waals surface area contributed by atoms with Crippen LogP contribution in [-0.4, -0.2) is 25.3 Å². The van der Waals surface area contributed by atoms with E-state index in [-0.39, 0.29) is 6.04 Å². The molecule has 0 spiro atoms. The van der Waals surface area contributed by atoms with Crippen molar-refractivity contribution in [3.8, 4) is 5.19 Å². The fourth-order valence-corrected chi connectivity index (χ4v) is 1.69. The lowest BCUT2D eigenvalue weighted by atomic mass is 10.3. The van der Waals surface area contributed by atoms with Crippen molar-refractivity contribution < 1.29 is 9.47 Å². The maximum absolute atomic E-state index is 5.78. The number of nitrogens with two attached hydrogens (primary N) is 1. The molecule has 1 unspecified atom stereocenters. The van der Waals surface area contributed by atoms with Gasteiger partial charge in [0, 0.05) is 12.5 Å². The van der Waals surface area contributed by atoms with Gasteiger partial charge < -0.3 is 15.2 Å². The quantitative estimate of drug-likeness (QED) is 0.779. The van der Waals surface area contributed by atoms with Crippen LogP contribution < -0.4 is 10.5 Å². The minimum Gasteiger partial charge on any atom is -0.470 e. The molecule has 0 amide bonds. The summed E-state index contributed by atoms with van der Waals surface area (Å²) in [4.78, 5) is 4.21. The smallest absolute Gasteiger partial charge is 0.273 e. The molecule has 0 bridgehead atoms. The summed E-state index contributed by atoms with van der Waals surface area (Å²) in [6, 6.07) is -0.157. The molecule has 0 radical (unpaired) electrons. The molecule has 0 aliphatic carbocycles. The van der Waals surface area contributed by atoms with Crippen LogP contribution in [0.3, 0.4) is 0 Å². The Bertz CT molecular complexity index is 252. The fraction of sp³-hybridized carbons (Fsp3) is 0.625. The molecule has 0 saturated heterocycles. The van der Waals surface area contributed by atoms with Crippen molar-refractivity contribution in [3.63, 3.8) is 0 Å². The highest BCUT2D eigenvalue weighted by atomic mass is 32.1. The molecule has 74 valence electrons. The van der Waals surface area contributed by atoms with E-state index < -0.39 is 0 Å². The average Bonchev–Trinajstić information content (AvgIpc) is 2.54. The topological polar surface area (TPSA) is 57.4 Å². The Labute approximate surface area is 81.7 Å². The number of hydrogen-bond donors (Lipinski definition) is 1. The second kappa shape index (κ2) is 5.16. The van der Waals surface area contributed by atoms with E-state index in [4.69, 9.17) is 15.2 Å². The van der Waals surface area contributed by atoms with Gasteiger partial charge in [-0.2, -0.15) is 0 Å². The van der Waals surface area contributed by atoms with Gasteiger partial charge in [-0.25, -0.2) is 4.98 Å². The van der Waals surface area contributed by atoms with Crippen LogP contribution in [0.2, 0.25) is 0 Å². The van der Waals surface area contributed by atoms with Gasteiger partial charge in [0.1, 0.15) is 0 Å². The van der Waals surface area contributed by atoms with Crippen molar-refractivity contribution in [1.82, 2.24) is 4.98 Å². The van der Waals surface area contributed by atoms with Gasteiger partial charge in [-0.1, -0.05) is 11.3 Å². The molecule has 13 heavy (non-hydrogen) atoms. The number of thiazole rings is 1. The van der Waals surface area contributed by atoms with Crippen molar-refractivity contribution in [1.29, 1.82) is 0 Å². The van der Waals surface area contributed by atoms with Gasteiger partial charge in [-0.15, -0.1) is 0 Å². The number of hydrogen-bond acceptors (Lipinski definition) is 5. The molecule has 0 fully saturated rings. The van der Waals surface area contributed by atoms with Crippen LogP contribution in [0.25, 0.3) is 0 Å². The lowest BCUT2D eigenvalue weighted by molar-refractivity contribution is 0.179. The molecule has 1 atom stereocenters. The number of methoxy groups -OCH3 is 1. The van der Waals surface area contributed by atoms with Crippen molar-refractivity contribution in [2.75, 3.05) is 20.3 Å². The van der Waals surface area contributed by atoms with Crippen LogP contribution in [0.15, 0.2) is 5.38 Å². The van der Waals surface area contributed by atoms with Crippen LogP contribution in [0.1, 0.15) is 18.7 Å². The van der Waals surface area contributed by atoms with Gasteiger partial charge in [0.15, 0.2) is 0 Å². The summed E-state index contributed by atoms with van der Waals surface area (Å²) < 4.78 is 10.2. The predicted molar refractivity (Wildman–Crippen MR) is 52.1 cm³/mol.